The molecule has 5 heteroatoms. The lowest BCUT2D eigenvalue weighted by Gasteiger charge is -2.17. The largest absolute Gasteiger partial charge is 0.482 e. The van der Waals surface area contributed by atoms with E-state index in [4.69, 9.17) is 9.47 Å². The summed E-state index contributed by atoms with van der Waals surface area (Å²) in [5.74, 6) is 0.274. The quantitative estimate of drug-likeness (QED) is 0.838. The molecule has 1 atom stereocenters. The highest BCUT2D eigenvalue weighted by Gasteiger charge is 2.12. The summed E-state index contributed by atoms with van der Waals surface area (Å²) >= 11 is 0. The third-order valence-corrected chi connectivity index (χ3v) is 3.26. The molecule has 1 aromatic carbocycles. The van der Waals surface area contributed by atoms with Gasteiger partial charge in [0.05, 0.1) is 7.11 Å². The summed E-state index contributed by atoms with van der Waals surface area (Å²) < 4.78 is 15.3. The van der Waals surface area contributed by atoms with Crippen LogP contribution in [0.5, 0.6) is 5.75 Å². The Morgan fingerprint density at radius 1 is 1.30 bits per heavy atom. The molecule has 0 radical (unpaired) electrons. The van der Waals surface area contributed by atoms with Crippen molar-refractivity contribution in [2.45, 2.75) is 25.3 Å². The van der Waals surface area contributed by atoms with Gasteiger partial charge in [0.15, 0.2) is 6.61 Å². The number of carbonyl (C=O) groups is 1. The lowest BCUT2D eigenvalue weighted by molar-refractivity contribution is -0.142. The predicted octanol–water partition coefficient (Wildman–Crippen LogP) is 2.22. The molecule has 0 aliphatic carbocycles. The molecular weight excluding hydrogens is 258 g/mol. The van der Waals surface area contributed by atoms with Crippen molar-refractivity contribution in [3.63, 3.8) is 0 Å². The van der Waals surface area contributed by atoms with Crippen LogP contribution in [0.3, 0.4) is 0 Å². The van der Waals surface area contributed by atoms with Gasteiger partial charge in [-0.05, 0) is 43.5 Å². The lowest BCUT2D eigenvalue weighted by atomic mass is 10.1. The first-order chi connectivity index (χ1) is 9.78. The number of nitrogens with one attached hydrogen (secondary N) is 1. The zero-order valence-electron chi connectivity index (χ0n) is 11.8. The molecule has 1 unspecified atom stereocenters. The number of methoxy groups -OCH3 is 1. The molecule has 1 aliphatic heterocycles. The van der Waals surface area contributed by atoms with Gasteiger partial charge in [0.1, 0.15) is 5.75 Å². The molecule has 1 heterocycles. The van der Waals surface area contributed by atoms with Gasteiger partial charge in [0, 0.05) is 24.9 Å². The van der Waals surface area contributed by atoms with E-state index in [2.05, 4.69) is 10.1 Å². The topological polar surface area (TPSA) is 56.8 Å². The Labute approximate surface area is 119 Å². The molecule has 2 rings (SSSR count). The van der Waals surface area contributed by atoms with Gasteiger partial charge in [-0.3, -0.25) is 0 Å². The molecule has 1 aliphatic rings. The molecule has 0 amide bonds. The van der Waals surface area contributed by atoms with Crippen molar-refractivity contribution in [1.29, 1.82) is 0 Å². The fraction of sp³-hybridized carbons (Fsp3) is 0.533. The normalized spacial score (nSPS) is 18.9. The van der Waals surface area contributed by atoms with E-state index in [1.165, 1.54) is 7.11 Å². The lowest BCUT2D eigenvalue weighted by Crippen LogP contribution is -2.19. The molecule has 0 aromatic heterocycles. The number of hydrogen-bond acceptors (Lipinski definition) is 5. The van der Waals surface area contributed by atoms with E-state index in [0.717, 1.165) is 38.2 Å². The van der Waals surface area contributed by atoms with E-state index in [0.29, 0.717) is 11.8 Å². The molecule has 20 heavy (non-hydrogen) atoms. The first kappa shape index (κ1) is 14.7. The maximum absolute atomic E-state index is 11.0. The fourth-order valence-electron chi connectivity index (χ4n) is 2.13. The Kier molecular flexibility index (Phi) is 5.68. The van der Waals surface area contributed by atoms with Gasteiger partial charge < -0.3 is 19.5 Å². The highest BCUT2D eigenvalue weighted by molar-refractivity contribution is 5.70. The van der Waals surface area contributed by atoms with Crippen molar-refractivity contribution < 1.29 is 19.0 Å². The molecular formula is C15H21NO4. The summed E-state index contributed by atoms with van der Waals surface area (Å²) in [5.41, 5.74) is 1.06. The van der Waals surface area contributed by atoms with Crippen LogP contribution < -0.4 is 10.1 Å². The molecule has 1 aromatic rings. The summed E-state index contributed by atoms with van der Waals surface area (Å²) in [6.45, 7) is 1.61. The molecule has 1 N–H and O–H groups in total. The highest BCUT2D eigenvalue weighted by atomic mass is 16.6. The summed E-state index contributed by atoms with van der Waals surface area (Å²) in [6, 6.07) is 8.06. The minimum absolute atomic E-state index is 0.0662. The van der Waals surface area contributed by atoms with E-state index < -0.39 is 0 Å². The van der Waals surface area contributed by atoms with E-state index in [-0.39, 0.29) is 12.6 Å². The minimum atomic E-state index is -0.384. The standard InChI is InChI=1S/C15H21NO4/c1-18-15(17)11-20-14-6-4-13(5-7-14)16-12-3-2-9-19-10-8-12/h4-7,12,16H,2-3,8-11H2,1H3. The average Bonchev–Trinajstić information content (AvgIpc) is 2.75. The fourth-order valence-corrected chi connectivity index (χ4v) is 2.13. The number of carbonyl (C=O) groups excluding carboxylic acids is 1. The highest BCUT2D eigenvalue weighted by Crippen LogP contribution is 2.19. The smallest absolute Gasteiger partial charge is 0.343 e. The number of benzene rings is 1. The Morgan fingerprint density at radius 2 is 2.10 bits per heavy atom. The summed E-state index contributed by atoms with van der Waals surface area (Å²) in [5, 5.41) is 3.50. The van der Waals surface area contributed by atoms with E-state index in [1.807, 2.05) is 24.3 Å². The van der Waals surface area contributed by atoms with Gasteiger partial charge in [0.2, 0.25) is 0 Å². The van der Waals surface area contributed by atoms with Gasteiger partial charge in [-0.25, -0.2) is 4.79 Å². The van der Waals surface area contributed by atoms with E-state index in [9.17, 15) is 4.79 Å². The van der Waals surface area contributed by atoms with Gasteiger partial charge in [-0.2, -0.15) is 0 Å². The summed E-state index contributed by atoms with van der Waals surface area (Å²) in [4.78, 5) is 11.0. The summed E-state index contributed by atoms with van der Waals surface area (Å²) in [6.07, 6.45) is 3.25. The van der Waals surface area contributed by atoms with E-state index in [1.54, 1.807) is 0 Å². The maximum atomic E-state index is 11.0. The molecule has 0 saturated carbocycles. The van der Waals surface area contributed by atoms with Crippen molar-refractivity contribution in [3.05, 3.63) is 24.3 Å². The first-order valence-electron chi connectivity index (χ1n) is 6.92. The van der Waals surface area contributed by atoms with Gasteiger partial charge in [-0.1, -0.05) is 0 Å². The number of ether oxygens (including phenoxy) is 3. The third-order valence-electron chi connectivity index (χ3n) is 3.26. The van der Waals surface area contributed by atoms with Crippen molar-refractivity contribution in [3.8, 4) is 5.75 Å². The minimum Gasteiger partial charge on any atom is -0.482 e. The van der Waals surface area contributed by atoms with Crippen molar-refractivity contribution in [1.82, 2.24) is 0 Å². The Bertz CT molecular complexity index is 410. The molecule has 0 spiro atoms. The second kappa shape index (κ2) is 7.75. The van der Waals surface area contributed by atoms with E-state index >= 15 is 0 Å². The third kappa shape index (κ3) is 4.74. The molecule has 1 fully saturated rings. The van der Waals surface area contributed by atoms with Crippen LogP contribution in [0.25, 0.3) is 0 Å². The number of hydrogen-bond donors (Lipinski definition) is 1. The average molecular weight is 279 g/mol. The van der Waals surface area contributed by atoms with Crippen molar-refractivity contribution in [2.24, 2.45) is 0 Å². The Balaban J connectivity index is 1.82. The van der Waals surface area contributed by atoms with Gasteiger partial charge >= 0.3 is 5.97 Å². The van der Waals surface area contributed by atoms with Crippen molar-refractivity contribution in [2.75, 3.05) is 32.2 Å². The number of esters is 1. The summed E-state index contributed by atoms with van der Waals surface area (Å²) in [7, 11) is 1.34. The SMILES string of the molecule is COC(=O)COc1ccc(NC2CCCOCC2)cc1. The maximum Gasteiger partial charge on any atom is 0.343 e. The number of anilines is 1. The van der Waals surface area contributed by atoms with Crippen LogP contribution in [0.1, 0.15) is 19.3 Å². The van der Waals surface area contributed by atoms with Crippen LogP contribution >= 0.6 is 0 Å². The molecule has 1 saturated heterocycles. The van der Waals surface area contributed by atoms with Crippen molar-refractivity contribution >= 4 is 11.7 Å². The second-order valence-electron chi connectivity index (χ2n) is 4.77. The molecule has 110 valence electrons. The van der Waals surface area contributed by atoms with Crippen LogP contribution in [0.4, 0.5) is 5.69 Å². The number of rotatable bonds is 5. The van der Waals surface area contributed by atoms with Crippen LogP contribution in [0.15, 0.2) is 24.3 Å². The monoisotopic (exact) mass is 279 g/mol. The molecule has 0 bridgehead atoms. The van der Waals surface area contributed by atoms with Gasteiger partial charge in [-0.15, -0.1) is 0 Å². The van der Waals surface area contributed by atoms with Gasteiger partial charge in [0.25, 0.3) is 0 Å². The Morgan fingerprint density at radius 3 is 2.85 bits per heavy atom. The Hall–Kier alpha value is -1.75. The van der Waals surface area contributed by atoms with Crippen LogP contribution in [0, 0.1) is 0 Å². The first-order valence-corrected chi connectivity index (χ1v) is 6.92. The van der Waals surface area contributed by atoms with Crippen LogP contribution in [-0.4, -0.2) is 38.9 Å². The van der Waals surface area contributed by atoms with Crippen LogP contribution in [0.2, 0.25) is 0 Å². The molecule has 5 nitrogen and oxygen atoms in total. The zero-order valence-corrected chi connectivity index (χ0v) is 11.8. The predicted molar refractivity (Wildman–Crippen MR) is 76.0 cm³/mol. The van der Waals surface area contributed by atoms with Crippen LogP contribution in [-0.2, 0) is 14.3 Å². The zero-order chi connectivity index (χ0) is 14.2. The second-order valence-corrected chi connectivity index (χ2v) is 4.77.